The molecule has 2 aromatic rings. The molecule has 0 saturated heterocycles. The van der Waals surface area contributed by atoms with Crippen molar-refractivity contribution in [3.63, 3.8) is 0 Å². The molecule has 0 radical (unpaired) electrons. The standard InChI is InChI=1S/C16H22N2OS/c1-11(17)12-7-5-6-8-13(12)19-9-15-18-14(10-20-15)16(2,3)4/h5-8,10-11H,9,17H2,1-4H3/t11-/m0/s1. The van der Waals surface area contributed by atoms with E-state index in [0.717, 1.165) is 22.0 Å². The predicted molar refractivity (Wildman–Crippen MR) is 84.2 cm³/mol. The highest BCUT2D eigenvalue weighted by Gasteiger charge is 2.17. The van der Waals surface area contributed by atoms with Crippen molar-refractivity contribution in [3.8, 4) is 5.75 Å². The van der Waals surface area contributed by atoms with Crippen LogP contribution in [0, 0.1) is 0 Å². The minimum atomic E-state index is -0.0346. The van der Waals surface area contributed by atoms with Gasteiger partial charge in [-0.05, 0) is 13.0 Å². The minimum Gasteiger partial charge on any atom is -0.486 e. The number of para-hydroxylation sites is 1. The van der Waals surface area contributed by atoms with Gasteiger partial charge in [0.2, 0.25) is 0 Å². The van der Waals surface area contributed by atoms with Gasteiger partial charge in [-0.1, -0.05) is 39.0 Å². The lowest BCUT2D eigenvalue weighted by Gasteiger charge is -2.14. The zero-order chi connectivity index (χ0) is 14.8. The fraction of sp³-hybridized carbons (Fsp3) is 0.438. The van der Waals surface area contributed by atoms with Crippen LogP contribution in [-0.4, -0.2) is 4.98 Å². The van der Waals surface area contributed by atoms with Crippen molar-refractivity contribution in [1.82, 2.24) is 4.98 Å². The average molecular weight is 290 g/mol. The molecule has 0 saturated carbocycles. The summed E-state index contributed by atoms with van der Waals surface area (Å²) >= 11 is 1.64. The van der Waals surface area contributed by atoms with Gasteiger partial charge >= 0.3 is 0 Å². The SMILES string of the molecule is C[C@H](N)c1ccccc1OCc1nc(C(C)(C)C)cs1. The van der Waals surface area contributed by atoms with Crippen LogP contribution in [0.4, 0.5) is 0 Å². The van der Waals surface area contributed by atoms with Crippen molar-refractivity contribution in [2.24, 2.45) is 5.73 Å². The Kier molecular flexibility index (Phi) is 4.45. The van der Waals surface area contributed by atoms with Gasteiger partial charge in [-0.3, -0.25) is 0 Å². The molecule has 4 heteroatoms. The topological polar surface area (TPSA) is 48.1 Å². The van der Waals surface area contributed by atoms with Gasteiger partial charge in [0.15, 0.2) is 0 Å². The molecule has 0 amide bonds. The van der Waals surface area contributed by atoms with E-state index >= 15 is 0 Å². The Bertz CT molecular complexity index is 570. The van der Waals surface area contributed by atoms with E-state index in [4.69, 9.17) is 10.5 Å². The molecule has 1 aromatic carbocycles. The quantitative estimate of drug-likeness (QED) is 0.924. The van der Waals surface area contributed by atoms with E-state index in [0.29, 0.717) is 6.61 Å². The molecule has 108 valence electrons. The lowest BCUT2D eigenvalue weighted by Crippen LogP contribution is -2.12. The van der Waals surface area contributed by atoms with Gasteiger partial charge in [0.1, 0.15) is 17.4 Å². The minimum absolute atomic E-state index is 0.0346. The van der Waals surface area contributed by atoms with E-state index in [1.165, 1.54) is 0 Å². The van der Waals surface area contributed by atoms with Gasteiger partial charge in [0.25, 0.3) is 0 Å². The van der Waals surface area contributed by atoms with Crippen LogP contribution in [0.5, 0.6) is 5.75 Å². The van der Waals surface area contributed by atoms with Gasteiger partial charge in [-0.15, -0.1) is 11.3 Å². The number of aromatic nitrogens is 1. The van der Waals surface area contributed by atoms with Gasteiger partial charge in [-0.2, -0.15) is 0 Å². The summed E-state index contributed by atoms with van der Waals surface area (Å²) < 4.78 is 5.88. The Hall–Kier alpha value is -1.39. The van der Waals surface area contributed by atoms with E-state index in [9.17, 15) is 0 Å². The third-order valence-corrected chi connectivity index (χ3v) is 3.90. The van der Waals surface area contributed by atoms with Crippen LogP contribution in [-0.2, 0) is 12.0 Å². The number of rotatable bonds is 4. The summed E-state index contributed by atoms with van der Waals surface area (Å²) in [5, 5.41) is 3.10. The summed E-state index contributed by atoms with van der Waals surface area (Å²) in [6.45, 7) is 8.95. The molecule has 20 heavy (non-hydrogen) atoms. The number of nitrogens with zero attached hydrogens (tertiary/aromatic N) is 1. The van der Waals surface area contributed by atoms with Crippen LogP contribution in [0.1, 0.15) is 50.0 Å². The van der Waals surface area contributed by atoms with Crippen molar-refractivity contribution in [2.75, 3.05) is 0 Å². The first-order valence-electron chi connectivity index (χ1n) is 6.80. The number of benzene rings is 1. The Balaban J connectivity index is 2.08. The van der Waals surface area contributed by atoms with Gasteiger partial charge in [0.05, 0.1) is 5.69 Å². The molecule has 0 spiro atoms. The van der Waals surface area contributed by atoms with Crippen LogP contribution in [0.3, 0.4) is 0 Å². The highest BCUT2D eigenvalue weighted by Crippen LogP contribution is 2.27. The molecule has 1 atom stereocenters. The predicted octanol–water partition coefficient (Wildman–Crippen LogP) is 4.04. The zero-order valence-corrected chi connectivity index (χ0v) is 13.3. The molecular weight excluding hydrogens is 268 g/mol. The number of hydrogen-bond acceptors (Lipinski definition) is 4. The lowest BCUT2D eigenvalue weighted by molar-refractivity contribution is 0.300. The molecule has 0 fully saturated rings. The summed E-state index contributed by atoms with van der Waals surface area (Å²) in [6.07, 6.45) is 0. The summed E-state index contributed by atoms with van der Waals surface area (Å²) in [5.74, 6) is 0.843. The third kappa shape index (κ3) is 3.58. The van der Waals surface area contributed by atoms with Gasteiger partial charge in [0, 0.05) is 22.4 Å². The summed E-state index contributed by atoms with van der Waals surface area (Å²) in [6, 6.07) is 7.86. The summed E-state index contributed by atoms with van der Waals surface area (Å²) in [4.78, 5) is 4.63. The second-order valence-electron chi connectivity index (χ2n) is 5.99. The largest absolute Gasteiger partial charge is 0.486 e. The van der Waals surface area contributed by atoms with Crippen LogP contribution in [0.2, 0.25) is 0 Å². The number of nitrogens with two attached hydrogens (primary N) is 1. The van der Waals surface area contributed by atoms with Gasteiger partial charge < -0.3 is 10.5 Å². The first kappa shape index (κ1) is 15.0. The third-order valence-electron chi connectivity index (χ3n) is 3.08. The average Bonchev–Trinajstić information content (AvgIpc) is 2.85. The molecule has 0 unspecified atom stereocenters. The Morgan fingerprint density at radius 3 is 2.60 bits per heavy atom. The fourth-order valence-corrected chi connectivity index (χ4v) is 2.78. The Labute approximate surface area is 124 Å². The number of ether oxygens (including phenoxy) is 1. The Morgan fingerprint density at radius 2 is 2.00 bits per heavy atom. The smallest absolute Gasteiger partial charge is 0.140 e. The molecular formula is C16H22N2OS. The molecule has 0 aliphatic rings. The highest BCUT2D eigenvalue weighted by atomic mass is 32.1. The van der Waals surface area contributed by atoms with E-state index in [2.05, 4.69) is 31.1 Å². The molecule has 2 N–H and O–H groups in total. The summed E-state index contributed by atoms with van der Waals surface area (Å²) in [5.41, 5.74) is 8.17. The van der Waals surface area contributed by atoms with E-state index in [1.807, 2.05) is 31.2 Å². The highest BCUT2D eigenvalue weighted by molar-refractivity contribution is 7.09. The van der Waals surface area contributed by atoms with Crippen molar-refractivity contribution >= 4 is 11.3 Å². The number of thiazole rings is 1. The van der Waals surface area contributed by atoms with Crippen molar-refractivity contribution in [2.45, 2.75) is 45.8 Å². The molecule has 1 heterocycles. The monoisotopic (exact) mass is 290 g/mol. The normalized spacial score (nSPS) is 13.2. The van der Waals surface area contributed by atoms with Crippen molar-refractivity contribution < 1.29 is 4.74 Å². The molecule has 0 aliphatic heterocycles. The number of hydrogen-bond donors (Lipinski definition) is 1. The maximum Gasteiger partial charge on any atom is 0.140 e. The van der Waals surface area contributed by atoms with Crippen LogP contribution >= 0.6 is 11.3 Å². The second-order valence-corrected chi connectivity index (χ2v) is 6.93. The molecule has 3 nitrogen and oxygen atoms in total. The van der Waals surface area contributed by atoms with Crippen molar-refractivity contribution in [1.29, 1.82) is 0 Å². The summed E-state index contributed by atoms with van der Waals surface area (Å²) in [7, 11) is 0. The van der Waals surface area contributed by atoms with E-state index in [-0.39, 0.29) is 11.5 Å². The van der Waals surface area contributed by atoms with E-state index < -0.39 is 0 Å². The molecule has 2 rings (SSSR count). The molecule has 0 bridgehead atoms. The Morgan fingerprint density at radius 1 is 1.30 bits per heavy atom. The fourth-order valence-electron chi connectivity index (χ4n) is 1.85. The zero-order valence-electron chi connectivity index (χ0n) is 12.5. The van der Waals surface area contributed by atoms with Crippen LogP contribution in [0.15, 0.2) is 29.6 Å². The maximum absolute atomic E-state index is 5.95. The molecule has 1 aromatic heterocycles. The van der Waals surface area contributed by atoms with Gasteiger partial charge in [-0.25, -0.2) is 4.98 Å². The van der Waals surface area contributed by atoms with Crippen LogP contribution < -0.4 is 10.5 Å². The molecule has 0 aliphatic carbocycles. The van der Waals surface area contributed by atoms with E-state index in [1.54, 1.807) is 11.3 Å². The first-order chi connectivity index (χ1) is 9.38. The van der Waals surface area contributed by atoms with Crippen LogP contribution in [0.25, 0.3) is 0 Å². The first-order valence-corrected chi connectivity index (χ1v) is 7.68. The maximum atomic E-state index is 5.95. The second kappa shape index (κ2) is 5.94. The van der Waals surface area contributed by atoms with Crippen molar-refractivity contribution in [3.05, 3.63) is 45.9 Å². The lowest BCUT2D eigenvalue weighted by atomic mass is 9.93.